The predicted octanol–water partition coefficient (Wildman–Crippen LogP) is 2.36. The van der Waals surface area contributed by atoms with Gasteiger partial charge >= 0.3 is 0 Å². The molecule has 1 saturated heterocycles. The number of hydrogen-bond donors (Lipinski definition) is 1. The molecule has 0 radical (unpaired) electrons. The van der Waals surface area contributed by atoms with Gasteiger partial charge in [-0.1, -0.05) is 13.3 Å². The lowest BCUT2D eigenvalue weighted by molar-refractivity contribution is 0.151. The van der Waals surface area contributed by atoms with Gasteiger partial charge in [-0.2, -0.15) is 5.10 Å². The number of aromatic nitrogens is 2. The lowest BCUT2D eigenvalue weighted by Crippen LogP contribution is -2.42. The smallest absolute Gasteiger partial charge is 0.193 e. The third-order valence-electron chi connectivity index (χ3n) is 5.10. The normalized spacial score (nSPS) is 21.9. The van der Waals surface area contributed by atoms with E-state index in [1.165, 1.54) is 38.8 Å². The molecule has 5 heteroatoms. The maximum absolute atomic E-state index is 4.89. The van der Waals surface area contributed by atoms with Crippen molar-refractivity contribution in [1.29, 1.82) is 0 Å². The Labute approximate surface area is 133 Å². The van der Waals surface area contributed by atoms with Gasteiger partial charge in [-0.25, -0.2) is 0 Å². The van der Waals surface area contributed by atoms with Crippen LogP contribution in [0.15, 0.2) is 23.5 Å². The highest BCUT2D eigenvalue weighted by Gasteiger charge is 2.43. The van der Waals surface area contributed by atoms with Crippen LogP contribution in [0.4, 0.5) is 0 Å². The second-order valence-corrected chi connectivity index (χ2v) is 7.05. The van der Waals surface area contributed by atoms with E-state index in [-0.39, 0.29) is 0 Å². The van der Waals surface area contributed by atoms with Crippen molar-refractivity contribution in [3.8, 4) is 0 Å². The number of guanidine groups is 1. The quantitative estimate of drug-likeness (QED) is 0.671. The molecule has 5 nitrogen and oxygen atoms in total. The molecule has 1 aliphatic carbocycles. The highest BCUT2D eigenvalue weighted by atomic mass is 15.3. The summed E-state index contributed by atoms with van der Waals surface area (Å²) in [7, 11) is 0. The molecule has 1 saturated carbocycles. The molecule has 1 atom stereocenters. The summed E-state index contributed by atoms with van der Waals surface area (Å²) < 4.78 is 1.99. The van der Waals surface area contributed by atoms with Crippen molar-refractivity contribution in [2.45, 2.75) is 46.1 Å². The average molecular weight is 303 g/mol. The Bertz CT molecular complexity index is 489. The molecule has 1 spiro atoms. The van der Waals surface area contributed by atoms with Crippen LogP contribution in [0.25, 0.3) is 0 Å². The average Bonchev–Trinajstić information content (AvgIpc) is 3.11. The lowest BCUT2D eigenvalue weighted by atomic mass is 9.68. The first-order valence-corrected chi connectivity index (χ1v) is 8.71. The fourth-order valence-corrected chi connectivity index (χ4v) is 3.65. The van der Waals surface area contributed by atoms with E-state index in [1.54, 1.807) is 0 Å². The van der Waals surface area contributed by atoms with Crippen LogP contribution in [0.2, 0.25) is 0 Å². The Morgan fingerprint density at radius 3 is 2.86 bits per heavy atom. The summed E-state index contributed by atoms with van der Waals surface area (Å²) >= 11 is 0. The molecule has 3 rings (SSSR count). The second-order valence-electron chi connectivity index (χ2n) is 7.05. The summed E-state index contributed by atoms with van der Waals surface area (Å²) in [5.41, 5.74) is 0.622. The fourth-order valence-electron chi connectivity index (χ4n) is 3.65. The van der Waals surface area contributed by atoms with Gasteiger partial charge in [0.05, 0.1) is 0 Å². The van der Waals surface area contributed by atoms with Gasteiger partial charge in [0.15, 0.2) is 5.96 Å². The Morgan fingerprint density at radius 1 is 1.41 bits per heavy atom. The maximum atomic E-state index is 4.89. The molecule has 22 heavy (non-hydrogen) atoms. The van der Waals surface area contributed by atoms with Crippen LogP contribution in [-0.4, -0.2) is 46.8 Å². The Morgan fingerprint density at radius 2 is 2.27 bits per heavy atom. The molecule has 1 N–H and O–H groups in total. The largest absolute Gasteiger partial charge is 0.357 e. The van der Waals surface area contributed by atoms with Crippen molar-refractivity contribution in [2.75, 3.05) is 26.2 Å². The second kappa shape index (κ2) is 6.71. The van der Waals surface area contributed by atoms with Gasteiger partial charge in [-0.05, 0) is 43.6 Å². The molecular weight excluding hydrogens is 274 g/mol. The summed E-state index contributed by atoms with van der Waals surface area (Å²) in [6, 6.07) is 1.97. The van der Waals surface area contributed by atoms with Crippen LogP contribution < -0.4 is 5.32 Å². The van der Waals surface area contributed by atoms with Crippen molar-refractivity contribution >= 4 is 5.96 Å². The molecule has 1 unspecified atom stereocenters. The van der Waals surface area contributed by atoms with Gasteiger partial charge in [0.1, 0.15) is 0 Å². The monoisotopic (exact) mass is 303 g/mol. The third-order valence-corrected chi connectivity index (χ3v) is 5.10. The summed E-state index contributed by atoms with van der Waals surface area (Å²) in [4.78, 5) is 7.37. The Balaban J connectivity index is 1.55. The SMILES string of the molecule is CCNC(=NCC(C)Cn1cccn1)N1CCC2(CCC2)C1. The standard InChI is InChI=1S/C17H29N5/c1-3-18-16(21-11-8-17(14-21)6-4-7-17)19-12-15(2)13-22-10-5-9-20-22/h5,9-10,15H,3-4,6-8,11-14H2,1-2H3,(H,18,19). The third kappa shape index (κ3) is 3.45. The number of aliphatic imine (C=N–C) groups is 1. The first kappa shape index (κ1) is 15.4. The maximum Gasteiger partial charge on any atom is 0.193 e. The number of likely N-dealkylation sites (tertiary alicyclic amines) is 1. The minimum Gasteiger partial charge on any atom is -0.357 e. The molecule has 1 aliphatic heterocycles. The van der Waals surface area contributed by atoms with E-state index < -0.39 is 0 Å². The van der Waals surface area contributed by atoms with E-state index >= 15 is 0 Å². The van der Waals surface area contributed by atoms with Crippen LogP contribution >= 0.6 is 0 Å². The number of rotatable bonds is 5. The number of nitrogens with one attached hydrogen (secondary N) is 1. The van der Waals surface area contributed by atoms with E-state index in [9.17, 15) is 0 Å². The van der Waals surface area contributed by atoms with Crippen molar-refractivity contribution in [1.82, 2.24) is 20.0 Å². The van der Waals surface area contributed by atoms with E-state index in [1.807, 2.05) is 23.1 Å². The van der Waals surface area contributed by atoms with Crippen molar-refractivity contribution in [3.63, 3.8) is 0 Å². The molecule has 2 fully saturated rings. The molecule has 0 amide bonds. The zero-order valence-corrected chi connectivity index (χ0v) is 14.0. The molecule has 0 bridgehead atoms. The minimum atomic E-state index is 0.494. The zero-order chi connectivity index (χ0) is 15.4. The van der Waals surface area contributed by atoms with Crippen molar-refractivity contribution < 1.29 is 0 Å². The van der Waals surface area contributed by atoms with E-state index in [0.29, 0.717) is 11.3 Å². The number of nitrogens with zero attached hydrogens (tertiary/aromatic N) is 4. The predicted molar refractivity (Wildman–Crippen MR) is 89.8 cm³/mol. The molecule has 1 aromatic rings. The molecule has 2 heterocycles. The van der Waals surface area contributed by atoms with Gasteiger partial charge in [-0.3, -0.25) is 9.67 Å². The summed E-state index contributed by atoms with van der Waals surface area (Å²) in [5, 5.41) is 7.76. The van der Waals surface area contributed by atoms with E-state index in [2.05, 4.69) is 29.2 Å². The van der Waals surface area contributed by atoms with Crippen molar-refractivity contribution in [2.24, 2.45) is 16.3 Å². The van der Waals surface area contributed by atoms with Crippen LogP contribution in [0.5, 0.6) is 0 Å². The van der Waals surface area contributed by atoms with Gasteiger partial charge < -0.3 is 10.2 Å². The first-order valence-electron chi connectivity index (χ1n) is 8.71. The van der Waals surface area contributed by atoms with E-state index in [4.69, 9.17) is 4.99 Å². The van der Waals surface area contributed by atoms with Gasteiger partial charge in [0.2, 0.25) is 0 Å². The Kier molecular flexibility index (Phi) is 4.69. The van der Waals surface area contributed by atoms with Crippen LogP contribution in [0, 0.1) is 11.3 Å². The molecule has 1 aromatic heterocycles. The van der Waals surface area contributed by atoms with Gasteiger partial charge in [0, 0.05) is 45.1 Å². The van der Waals surface area contributed by atoms with Crippen LogP contribution in [-0.2, 0) is 6.54 Å². The van der Waals surface area contributed by atoms with Crippen LogP contribution in [0.1, 0.15) is 39.5 Å². The van der Waals surface area contributed by atoms with Crippen molar-refractivity contribution in [3.05, 3.63) is 18.5 Å². The Hall–Kier alpha value is -1.52. The summed E-state index contributed by atoms with van der Waals surface area (Å²) in [6.07, 6.45) is 9.45. The molecule has 122 valence electrons. The highest BCUT2D eigenvalue weighted by Crippen LogP contribution is 2.47. The minimum absolute atomic E-state index is 0.494. The number of hydrogen-bond acceptors (Lipinski definition) is 2. The summed E-state index contributed by atoms with van der Waals surface area (Å²) in [6.45, 7) is 9.48. The molecule has 0 aromatic carbocycles. The first-order chi connectivity index (χ1) is 10.7. The topological polar surface area (TPSA) is 45.5 Å². The molecular formula is C17H29N5. The lowest BCUT2D eigenvalue weighted by Gasteiger charge is -2.38. The molecule has 2 aliphatic rings. The van der Waals surface area contributed by atoms with Gasteiger partial charge in [-0.15, -0.1) is 0 Å². The van der Waals surface area contributed by atoms with E-state index in [0.717, 1.165) is 25.6 Å². The van der Waals surface area contributed by atoms with Crippen LogP contribution in [0.3, 0.4) is 0 Å². The zero-order valence-electron chi connectivity index (χ0n) is 14.0. The highest BCUT2D eigenvalue weighted by molar-refractivity contribution is 5.80. The fraction of sp³-hybridized carbons (Fsp3) is 0.765. The van der Waals surface area contributed by atoms with Gasteiger partial charge in [0.25, 0.3) is 0 Å². The summed E-state index contributed by atoms with van der Waals surface area (Å²) in [5.74, 6) is 1.60.